The zero-order valence-corrected chi connectivity index (χ0v) is 21.5. The fourth-order valence-electron chi connectivity index (χ4n) is 6.50. The third-order valence-electron chi connectivity index (χ3n) is 8.14. The molecule has 0 spiro atoms. The predicted octanol–water partition coefficient (Wildman–Crippen LogP) is 5.43. The molecular weight excluding hydrogens is 509 g/mol. The van der Waals surface area contributed by atoms with Gasteiger partial charge in [0.25, 0.3) is 0 Å². The molecular formula is C30H31F3N2O4. The van der Waals surface area contributed by atoms with E-state index in [0.717, 1.165) is 17.5 Å². The average molecular weight is 541 g/mol. The maximum absolute atomic E-state index is 12.9. The summed E-state index contributed by atoms with van der Waals surface area (Å²) in [6.07, 6.45) is -3.58. The Bertz CT molecular complexity index is 1250. The number of rotatable bonds is 9. The van der Waals surface area contributed by atoms with Crippen LogP contribution in [0.4, 0.5) is 13.2 Å². The van der Waals surface area contributed by atoms with Crippen molar-refractivity contribution < 1.29 is 32.5 Å². The highest BCUT2D eigenvalue weighted by molar-refractivity contribution is 5.74. The molecule has 2 N–H and O–H groups in total. The van der Waals surface area contributed by atoms with Crippen LogP contribution in [0.1, 0.15) is 35.4 Å². The summed E-state index contributed by atoms with van der Waals surface area (Å²) in [6, 6.07) is 23.5. The van der Waals surface area contributed by atoms with E-state index in [2.05, 4.69) is 34.3 Å². The lowest BCUT2D eigenvalue weighted by molar-refractivity contribution is -0.274. The van der Waals surface area contributed by atoms with Gasteiger partial charge in [-0.25, -0.2) is 0 Å². The molecule has 0 amide bonds. The first kappa shape index (κ1) is 27.0. The third kappa shape index (κ3) is 5.60. The van der Waals surface area contributed by atoms with Crippen molar-refractivity contribution in [3.05, 3.63) is 95.6 Å². The number of hydrogen-bond acceptors (Lipinski definition) is 5. The van der Waals surface area contributed by atoms with Gasteiger partial charge in [0.05, 0.1) is 7.11 Å². The van der Waals surface area contributed by atoms with Gasteiger partial charge in [-0.15, -0.1) is 13.2 Å². The molecule has 3 aromatic rings. The van der Waals surface area contributed by atoms with Gasteiger partial charge in [-0.2, -0.15) is 0 Å². The molecule has 3 aromatic carbocycles. The Balaban J connectivity index is 1.53. The maximum atomic E-state index is 12.9. The first-order chi connectivity index (χ1) is 18.7. The number of carboxylic acids is 1. The Labute approximate surface area is 225 Å². The zero-order chi connectivity index (χ0) is 27.6. The van der Waals surface area contributed by atoms with Gasteiger partial charge in [-0.1, -0.05) is 60.7 Å². The standard InChI is InChI=1S/C30H31F3N2O4/c1-38-25-13-12-23(39-30(31,32)33)16-22(25)18-34-26-19-35-15-14-29(26,17-24(35)28(36)37)27(20-8-4-2-5-9-20)21-10-6-3-7-11-21/h2-13,16,24,26-27,34H,14-15,17-19H2,1H3,(H,36,37)/t24?,26-,29-/m1/s1. The minimum absolute atomic E-state index is 0.0801. The number of piperidine rings is 3. The molecule has 39 heavy (non-hydrogen) atoms. The molecule has 3 heterocycles. The summed E-state index contributed by atoms with van der Waals surface area (Å²) in [5, 5.41) is 13.7. The third-order valence-corrected chi connectivity index (χ3v) is 8.14. The Morgan fingerprint density at radius 3 is 2.28 bits per heavy atom. The number of halogens is 3. The van der Waals surface area contributed by atoms with Gasteiger partial charge in [0, 0.05) is 36.0 Å². The Morgan fingerprint density at radius 2 is 1.72 bits per heavy atom. The number of ether oxygens (including phenoxy) is 2. The molecule has 206 valence electrons. The highest BCUT2D eigenvalue weighted by Crippen LogP contribution is 2.55. The predicted molar refractivity (Wildman–Crippen MR) is 140 cm³/mol. The zero-order valence-electron chi connectivity index (χ0n) is 21.5. The molecule has 3 fully saturated rings. The van der Waals surface area contributed by atoms with E-state index in [1.54, 1.807) is 0 Å². The van der Waals surface area contributed by atoms with Crippen LogP contribution >= 0.6 is 0 Å². The molecule has 0 saturated carbocycles. The van der Waals surface area contributed by atoms with Gasteiger partial charge in [-0.3, -0.25) is 9.69 Å². The summed E-state index contributed by atoms with van der Waals surface area (Å²) in [5.74, 6) is -0.792. The molecule has 0 aliphatic carbocycles. The molecule has 4 atom stereocenters. The van der Waals surface area contributed by atoms with E-state index in [1.807, 2.05) is 41.3 Å². The summed E-state index contributed by atoms with van der Waals surface area (Å²) in [4.78, 5) is 14.3. The van der Waals surface area contributed by atoms with Gasteiger partial charge in [0.2, 0.25) is 0 Å². The first-order valence-corrected chi connectivity index (χ1v) is 12.9. The second kappa shape index (κ2) is 10.9. The Hall–Kier alpha value is -3.56. The molecule has 0 radical (unpaired) electrons. The fourth-order valence-corrected chi connectivity index (χ4v) is 6.50. The topological polar surface area (TPSA) is 71.0 Å². The van der Waals surface area contributed by atoms with E-state index in [4.69, 9.17) is 4.74 Å². The quantitative estimate of drug-likeness (QED) is 0.377. The van der Waals surface area contributed by atoms with Gasteiger partial charge < -0.3 is 19.9 Å². The molecule has 3 aliphatic rings. The summed E-state index contributed by atoms with van der Waals surface area (Å²) >= 11 is 0. The highest BCUT2D eigenvalue weighted by Gasteiger charge is 2.57. The van der Waals surface area contributed by atoms with Crippen molar-refractivity contribution in [2.45, 2.75) is 43.8 Å². The van der Waals surface area contributed by atoms with Crippen LogP contribution in [0.5, 0.6) is 11.5 Å². The van der Waals surface area contributed by atoms with Crippen LogP contribution in [0.2, 0.25) is 0 Å². The van der Waals surface area contributed by atoms with Crippen molar-refractivity contribution >= 4 is 5.97 Å². The molecule has 6 rings (SSSR count). The average Bonchev–Trinajstić information content (AvgIpc) is 2.92. The minimum Gasteiger partial charge on any atom is -0.496 e. The van der Waals surface area contributed by atoms with E-state index in [9.17, 15) is 23.1 Å². The van der Waals surface area contributed by atoms with E-state index in [1.165, 1.54) is 25.3 Å². The largest absolute Gasteiger partial charge is 0.573 e. The number of hydrogen-bond donors (Lipinski definition) is 2. The van der Waals surface area contributed by atoms with Crippen LogP contribution in [0.15, 0.2) is 78.9 Å². The summed E-state index contributed by atoms with van der Waals surface area (Å²) in [6.45, 7) is 1.39. The van der Waals surface area contributed by atoms with Crippen LogP contribution in [0.3, 0.4) is 0 Å². The SMILES string of the molecule is COc1ccc(OC(F)(F)F)cc1CN[C@@H]1CN2CC[C@@]1(C(c1ccccc1)c1ccccc1)CC2C(=O)O. The number of carboxylic acid groups (broad SMARTS) is 1. The number of methoxy groups -OCH3 is 1. The van der Waals surface area contributed by atoms with Gasteiger partial charge in [0.15, 0.2) is 0 Å². The monoisotopic (exact) mass is 540 g/mol. The number of aliphatic carboxylic acids is 1. The van der Waals surface area contributed by atoms with E-state index < -0.39 is 23.8 Å². The second-order valence-electron chi connectivity index (χ2n) is 10.2. The number of benzene rings is 3. The minimum atomic E-state index is -4.80. The van der Waals surface area contributed by atoms with Gasteiger partial charge in [-0.05, 0) is 48.7 Å². The molecule has 9 heteroatoms. The highest BCUT2D eigenvalue weighted by atomic mass is 19.4. The van der Waals surface area contributed by atoms with Crippen molar-refractivity contribution in [3.63, 3.8) is 0 Å². The lowest BCUT2D eigenvalue weighted by Gasteiger charge is -2.59. The maximum Gasteiger partial charge on any atom is 0.573 e. The molecule has 6 nitrogen and oxygen atoms in total. The van der Waals surface area contributed by atoms with Crippen molar-refractivity contribution in [2.75, 3.05) is 20.2 Å². The fraction of sp³-hybridized carbons (Fsp3) is 0.367. The van der Waals surface area contributed by atoms with Crippen LogP contribution in [-0.2, 0) is 11.3 Å². The Kier molecular flexibility index (Phi) is 7.55. The van der Waals surface area contributed by atoms with Crippen LogP contribution < -0.4 is 14.8 Å². The number of nitrogens with one attached hydrogen (secondary N) is 1. The van der Waals surface area contributed by atoms with Gasteiger partial charge >= 0.3 is 12.3 Å². The molecule has 2 bridgehead atoms. The van der Waals surface area contributed by atoms with Crippen LogP contribution in [0, 0.1) is 5.41 Å². The van der Waals surface area contributed by atoms with Crippen molar-refractivity contribution in [2.24, 2.45) is 5.41 Å². The van der Waals surface area contributed by atoms with Crippen molar-refractivity contribution in [3.8, 4) is 11.5 Å². The molecule has 3 aliphatic heterocycles. The van der Waals surface area contributed by atoms with E-state index >= 15 is 0 Å². The van der Waals surface area contributed by atoms with Gasteiger partial charge in [0.1, 0.15) is 17.5 Å². The first-order valence-electron chi connectivity index (χ1n) is 12.9. The number of carbonyl (C=O) groups is 1. The van der Waals surface area contributed by atoms with Crippen LogP contribution in [-0.4, -0.2) is 54.6 Å². The smallest absolute Gasteiger partial charge is 0.496 e. The Morgan fingerprint density at radius 1 is 1.08 bits per heavy atom. The summed E-state index contributed by atoms with van der Waals surface area (Å²) in [5.41, 5.74) is 2.28. The molecule has 0 aromatic heterocycles. The number of alkyl halides is 3. The molecule has 2 unspecified atom stereocenters. The number of nitrogens with zero attached hydrogens (tertiary/aromatic N) is 1. The number of fused-ring (bicyclic) bond motifs is 3. The van der Waals surface area contributed by atoms with Crippen LogP contribution in [0.25, 0.3) is 0 Å². The lowest BCUT2D eigenvalue weighted by atomic mass is 9.56. The molecule has 3 saturated heterocycles. The second-order valence-corrected chi connectivity index (χ2v) is 10.2. The van der Waals surface area contributed by atoms with E-state index in [-0.39, 0.29) is 24.3 Å². The normalized spacial score (nSPS) is 24.5. The summed E-state index contributed by atoms with van der Waals surface area (Å²) in [7, 11) is 1.47. The van der Waals surface area contributed by atoms with E-state index in [0.29, 0.717) is 30.8 Å². The summed E-state index contributed by atoms with van der Waals surface area (Å²) < 4.78 is 48.2. The van der Waals surface area contributed by atoms with Crippen molar-refractivity contribution in [1.82, 2.24) is 10.2 Å². The lowest BCUT2D eigenvalue weighted by Crippen LogP contribution is -2.68. The van der Waals surface area contributed by atoms with Crippen molar-refractivity contribution in [1.29, 1.82) is 0 Å².